The molecule has 0 fully saturated rings. The number of halogens is 3. The predicted octanol–water partition coefficient (Wildman–Crippen LogP) is 1.86. The van der Waals surface area contributed by atoms with Crippen molar-refractivity contribution in [2.75, 3.05) is 6.54 Å². The van der Waals surface area contributed by atoms with Crippen LogP contribution in [-0.4, -0.2) is 12.5 Å². The summed E-state index contributed by atoms with van der Waals surface area (Å²) in [5.41, 5.74) is -0.807. The van der Waals surface area contributed by atoms with Crippen molar-refractivity contribution in [3.63, 3.8) is 0 Å². The van der Waals surface area contributed by atoms with Crippen LogP contribution < -0.4 is 5.32 Å². The number of hydrogen-bond acceptors (Lipinski definition) is 1. The summed E-state index contributed by atoms with van der Waals surface area (Å²) in [5.74, 6) is -2.26. The molecule has 1 rings (SSSR count). The minimum atomic E-state index is -1.24. The molecule has 0 aliphatic heterocycles. The highest BCUT2D eigenvalue weighted by Gasteiger charge is 2.18. The van der Waals surface area contributed by atoms with Gasteiger partial charge in [-0.25, -0.2) is 13.2 Å². The molecule has 1 N–H and O–H groups in total. The van der Waals surface area contributed by atoms with Gasteiger partial charge in [-0.2, -0.15) is 0 Å². The van der Waals surface area contributed by atoms with Crippen LogP contribution in [0.4, 0.5) is 13.2 Å². The van der Waals surface area contributed by atoms with Gasteiger partial charge in [-0.3, -0.25) is 4.79 Å². The summed E-state index contributed by atoms with van der Waals surface area (Å²) in [6, 6.07) is 0.887. The van der Waals surface area contributed by atoms with Crippen molar-refractivity contribution in [3.8, 4) is 12.3 Å². The molecule has 1 aromatic rings. The first-order valence-corrected chi connectivity index (χ1v) is 4.42. The maximum atomic E-state index is 13.1. The number of rotatable bonds is 3. The number of amides is 1. The first-order valence-electron chi connectivity index (χ1n) is 4.42. The maximum absolute atomic E-state index is 13.1. The Hall–Kier alpha value is -1.96. The molecule has 0 saturated carbocycles. The summed E-state index contributed by atoms with van der Waals surface area (Å²) in [5, 5.41) is 2.22. The summed E-state index contributed by atoms with van der Waals surface area (Å²) in [6.07, 6.45) is 5.18. The molecule has 16 heavy (non-hydrogen) atoms. The summed E-state index contributed by atoms with van der Waals surface area (Å²) in [6.45, 7) is 0.103. The molecular weight excluding hydrogens is 219 g/mol. The van der Waals surface area contributed by atoms with Crippen LogP contribution in [0.1, 0.15) is 16.8 Å². The fourth-order valence-corrected chi connectivity index (χ4v) is 1.10. The maximum Gasteiger partial charge on any atom is 0.257 e. The third-order valence-corrected chi connectivity index (χ3v) is 1.79. The van der Waals surface area contributed by atoms with Crippen LogP contribution in [-0.2, 0) is 0 Å². The van der Waals surface area contributed by atoms with Gasteiger partial charge in [-0.1, -0.05) is 0 Å². The van der Waals surface area contributed by atoms with E-state index in [4.69, 9.17) is 6.42 Å². The van der Waals surface area contributed by atoms with Gasteiger partial charge in [0.1, 0.15) is 23.0 Å². The fraction of sp³-hybridized carbons (Fsp3) is 0.182. The Morgan fingerprint density at radius 3 is 2.38 bits per heavy atom. The summed E-state index contributed by atoms with van der Waals surface area (Å²) >= 11 is 0. The number of carbonyl (C=O) groups is 1. The highest BCUT2D eigenvalue weighted by Crippen LogP contribution is 2.14. The summed E-state index contributed by atoms with van der Waals surface area (Å²) in [7, 11) is 0. The quantitative estimate of drug-likeness (QED) is 0.619. The average Bonchev–Trinajstić information content (AvgIpc) is 2.16. The number of carbonyl (C=O) groups excluding carboxylic acids is 1. The van der Waals surface area contributed by atoms with Crippen molar-refractivity contribution in [2.24, 2.45) is 0 Å². The lowest BCUT2D eigenvalue weighted by atomic mass is 10.1. The van der Waals surface area contributed by atoms with Crippen LogP contribution in [0.25, 0.3) is 0 Å². The van der Waals surface area contributed by atoms with Crippen LogP contribution in [0.5, 0.6) is 0 Å². The zero-order valence-electron chi connectivity index (χ0n) is 8.19. The molecule has 0 aliphatic rings. The third kappa shape index (κ3) is 2.76. The van der Waals surface area contributed by atoms with Crippen LogP contribution in [0.3, 0.4) is 0 Å². The third-order valence-electron chi connectivity index (χ3n) is 1.79. The molecule has 0 heterocycles. The topological polar surface area (TPSA) is 29.1 Å². The number of nitrogens with one attached hydrogen (secondary N) is 1. The fourth-order valence-electron chi connectivity index (χ4n) is 1.10. The van der Waals surface area contributed by atoms with E-state index in [2.05, 4.69) is 11.2 Å². The van der Waals surface area contributed by atoms with Crippen molar-refractivity contribution < 1.29 is 18.0 Å². The molecule has 0 unspecified atom stereocenters. The first kappa shape index (κ1) is 12.1. The molecule has 5 heteroatoms. The van der Waals surface area contributed by atoms with Gasteiger partial charge >= 0.3 is 0 Å². The van der Waals surface area contributed by atoms with E-state index in [1.807, 2.05) is 0 Å². The predicted molar refractivity (Wildman–Crippen MR) is 52.1 cm³/mol. The highest BCUT2D eigenvalue weighted by atomic mass is 19.1. The van der Waals surface area contributed by atoms with Crippen molar-refractivity contribution in [1.82, 2.24) is 5.32 Å². The number of terminal acetylenes is 1. The van der Waals surface area contributed by atoms with Crippen molar-refractivity contribution in [2.45, 2.75) is 6.42 Å². The van der Waals surface area contributed by atoms with E-state index in [-0.39, 0.29) is 13.0 Å². The molecule has 0 aliphatic carbocycles. The van der Waals surface area contributed by atoms with Gasteiger partial charge < -0.3 is 5.32 Å². The lowest BCUT2D eigenvalue weighted by Crippen LogP contribution is -2.26. The van der Waals surface area contributed by atoms with E-state index >= 15 is 0 Å². The SMILES string of the molecule is C#CCCNC(=O)c1c(F)cc(F)cc1F. The summed E-state index contributed by atoms with van der Waals surface area (Å²) in [4.78, 5) is 11.3. The second-order valence-electron chi connectivity index (χ2n) is 2.95. The Balaban J connectivity index is 2.88. The smallest absolute Gasteiger partial charge is 0.257 e. The van der Waals surface area contributed by atoms with E-state index < -0.39 is 28.9 Å². The Kier molecular flexibility index (Phi) is 3.95. The van der Waals surface area contributed by atoms with Crippen LogP contribution in [0.2, 0.25) is 0 Å². The van der Waals surface area contributed by atoms with E-state index in [0.717, 1.165) is 0 Å². The lowest BCUT2D eigenvalue weighted by Gasteiger charge is -2.05. The van der Waals surface area contributed by atoms with Gasteiger partial charge in [0.05, 0.1) is 0 Å². The molecule has 84 valence electrons. The normalized spacial score (nSPS) is 9.62. The van der Waals surface area contributed by atoms with Gasteiger partial charge in [-0.15, -0.1) is 12.3 Å². The highest BCUT2D eigenvalue weighted by molar-refractivity contribution is 5.94. The minimum Gasteiger partial charge on any atom is -0.351 e. The molecule has 0 bridgehead atoms. The lowest BCUT2D eigenvalue weighted by molar-refractivity contribution is 0.0946. The Morgan fingerprint density at radius 1 is 1.31 bits per heavy atom. The standard InChI is InChI=1S/C11H8F3NO/c1-2-3-4-15-11(16)10-8(13)5-7(12)6-9(10)14/h1,5-6H,3-4H2,(H,15,16). The summed E-state index contributed by atoms with van der Waals surface area (Å²) < 4.78 is 38.7. The van der Waals surface area contributed by atoms with Crippen LogP contribution in [0.15, 0.2) is 12.1 Å². The Bertz CT molecular complexity index is 428. The largest absolute Gasteiger partial charge is 0.351 e. The second-order valence-corrected chi connectivity index (χ2v) is 2.95. The monoisotopic (exact) mass is 227 g/mol. The van der Waals surface area contributed by atoms with E-state index in [9.17, 15) is 18.0 Å². The molecule has 0 radical (unpaired) electrons. The van der Waals surface area contributed by atoms with E-state index in [1.165, 1.54) is 0 Å². The second kappa shape index (κ2) is 5.21. The van der Waals surface area contributed by atoms with Gasteiger partial charge in [0.2, 0.25) is 0 Å². The molecule has 0 spiro atoms. The zero-order valence-corrected chi connectivity index (χ0v) is 8.19. The van der Waals surface area contributed by atoms with Crippen LogP contribution >= 0.6 is 0 Å². The molecular formula is C11H8F3NO. The van der Waals surface area contributed by atoms with Gasteiger partial charge in [-0.05, 0) is 0 Å². The molecule has 0 atom stereocenters. The molecule has 0 aromatic heterocycles. The molecule has 0 saturated heterocycles. The van der Waals surface area contributed by atoms with Gasteiger partial charge in [0.25, 0.3) is 5.91 Å². The van der Waals surface area contributed by atoms with Crippen molar-refractivity contribution >= 4 is 5.91 Å². The number of hydrogen-bond donors (Lipinski definition) is 1. The Labute approximate surface area is 90.5 Å². The molecule has 1 aromatic carbocycles. The first-order chi connectivity index (χ1) is 7.56. The number of benzene rings is 1. The van der Waals surface area contributed by atoms with E-state index in [1.54, 1.807) is 0 Å². The zero-order chi connectivity index (χ0) is 12.1. The van der Waals surface area contributed by atoms with Gasteiger partial charge in [0.15, 0.2) is 0 Å². The van der Waals surface area contributed by atoms with Crippen LogP contribution in [0, 0.1) is 29.8 Å². The Morgan fingerprint density at radius 2 is 1.88 bits per heavy atom. The molecule has 2 nitrogen and oxygen atoms in total. The minimum absolute atomic E-state index is 0.103. The van der Waals surface area contributed by atoms with E-state index in [0.29, 0.717) is 12.1 Å². The van der Waals surface area contributed by atoms with Crippen molar-refractivity contribution in [1.29, 1.82) is 0 Å². The van der Waals surface area contributed by atoms with Gasteiger partial charge in [0, 0.05) is 25.1 Å². The molecule has 1 amide bonds. The van der Waals surface area contributed by atoms with Crippen molar-refractivity contribution in [3.05, 3.63) is 35.1 Å². The average molecular weight is 227 g/mol.